The quantitative estimate of drug-likeness (QED) is 0.0246. The van der Waals surface area contributed by atoms with Gasteiger partial charge in [-0.15, -0.1) is 0 Å². The van der Waals surface area contributed by atoms with Crippen molar-refractivity contribution in [1.29, 1.82) is 0 Å². The standard InChI is InChI=1S/C46H91N2O6P/c1-6-8-10-11-12-13-14-15-16-17-18-19-20-21-22-23-24-25-26-27-28-29-30-31-32-33-34-35-36-37-38-39-45(49)44(47-46(50)40-9-7-2)43-54-55(51,52)53-42-41-48(3,4)5/h34-35,38-39,44-45,49H,6-33,36-37,40-43H2,1-5H3,(H-,47,50,51,52)/p+1/b35-34+,39-38+. The van der Waals surface area contributed by atoms with E-state index in [2.05, 4.69) is 24.4 Å². The van der Waals surface area contributed by atoms with Crippen molar-refractivity contribution in [3.63, 3.8) is 0 Å². The molecule has 8 nitrogen and oxygen atoms in total. The largest absolute Gasteiger partial charge is 0.472 e. The van der Waals surface area contributed by atoms with E-state index in [4.69, 9.17) is 9.05 Å². The van der Waals surface area contributed by atoms with Crippen LogP contribution in [0, 0.1) is 0 Å². The molecule has 0 spiro atoms. The molecule has 3 atom stereocenters. The summed E-state index contributed by atoms with van der Waals surface area (Å²) in [5, 5.41) is 13.5. The summed E-state index contributed by atoms with van der Waals surface area (Å²) in [6.07, 6.45) is 46.9. The summed E-state index contributed by atoms with van der Waals surface area (Å²) in [5.41, 5.74) is 0. The Labute approximate surface area is 341 Å². The molecular weight excluding hydrogens is 707 g/mol. The summed E-state index contributed by atoms with van der Waals surface area (Å²) in [6.45, 7) is 4.55. The highest BCUT2D eigenvalue weighted by molar-refractivity contribution is 7.47. The van der Waals surface area contributed by atoms with E-state index in [1.807, 2.05) is 34.1 Å². The first-order chi connectivity index (χ1) is 26.5. The van der Waals surface area contributed by atoms with E-state index in [0.29, 0.717) is 17.4 Å². The van der Waals surface area contributed by atoms with Gasteiger partial charge in [-0.1, -0.05) is 199 Å². The van der Waals surface area contributed by atoms with Crippen LogP contribution >= 0.6 is 7.82 Å². The zero-order valence-corrected chi connectivity index (χ0v) is 37.8. The van der Waals surface area contributed by atoms with E-state index < -0.39 is 20.0 Å². The predicted octanol–water partition coefficient (Wildman–Crippen LogP) is 12.9. The van der Waals surface area contributed by atoms with Gasteiger partial charge >= 0.3 is 7.82 Å². The SMILES string of the molecule is CCCCCCCCCCCCCCCCCCCCCCCCCCC/C=C/CC/C=C/C(O)C(COP(=O)(O)OCC[N+](C)(C)C)NC(=O)CCCC. The van der Waals surface area contributed by atoms with Crippen LogP contribution < -0.4 is 5.32 Å². The Morgan fingerprint density at radius 3 is 1.44 bits per heavy atom. The molecule has 0 aromatic heterocycles. The van der Waals surface area contributed by atoms with Crippen LogP contribution in [0.4, 0.5) is 0 Å². The molecule has 1 amide bonds. The van der Waals surface area contributed by atoms with Gasteiger partial charge in [0.05, 0.1) is 39.9 Å². The third kappa shape index (κ3) is 41.0. The number of carbonyl (C=O) groups is 1. The molecule has 3 N–H and O–H groups in total. The second-order valence-electron chi connectivity index (χ2n) is 17.1. The lowest BCUT2D eigenvalue weighted by Gasteiger charge is -2.25. The number of unbranched alkanes of at least 4 members (excludes halogenated alkanes) is 27. The Morgan fingerprint density at radius 2 is 1.00 bits per heavy atom. The smallest absolute Gasteiger partial charge is 0.387 e. The fourth-order valence-electron chi connectivity index (χ4n) is 6.68. The summed E-state index contributed by atoms with van der Waals surface area (Å²) >= 11 is 0. The first kappa shape index (κ1) is 54.0. The Morgan fingerprint density at radius 1 is 0.600 bits per heavy atom. The van der Waals surface area contributed by atoms with Gasteiger partial charge in [-0.05, 0) is 32.1 Å². The molecule has 0 rings (SSSR count). The second-order valence-corrected chi connectivity index (χ2v) is 18.6. The molecule has 0 aliphatic rings. The van der Waals surface area contributed by atoms with Crippen LogP contribution in [0.2, 0.25) is 0 Å². The highest BCUT2D eigenvalue weighted by Crippen LogP contribution is 2.43. The van der Waals surface area contributed by atoms with Gasteiger partial charge in [0.2, 0.25) is 5.91 Å². The maximum absolute atomic E-state index is 12.4. The molecular formula is C46H92N2O6P+. The molecule has 0 saturated carbocycles. The van der Waals surface area contributed by atoms with Gasteiger partial charge in [-0.2, -0.15) is 0 Å². The molecule has 0 aromatic carbocycles. The Balaban J connectivity index is 3.81. The van der Waals surface area contributed by atoms with Crippen molar-refractivity contribution < 1.29 is 32.9 Å². The lowest BCUT2D eigenvalue weighted by molar-refractivity contribution is -0.870. The number of rotatable bonds is 42. The number of nitrogens with zero attached hydrogens (tertiary/aromatic N) is 1. The molecule has 9 heteroatoms. The average Bonchev–Trinajstić information content (AvgIpc) is 3.14. The minimum Gasteiger partial charge on any atom is -0.387 e. The fourth-order valence-corrected chi connectivity index (χ4v) is 7.42. The maximum Gasteiger partial charge on any atom is 0.472 e. The number of aliphatic hydroxyl groups is 1. The molecule has 0 aliphatic carbocycles. The number of hydrogen-bond donors (Lipinski definition) is 3. The van der Waals surface area contributed by atoms with Crippen molar-refractivity contribution in [3.8, 4) is 0 Å². The summed E-state index contributed by atoms with van der Waals surface area (Å²) < 4.78 is 23.2. The summed E-state index contributed by atoms with van der Waals surface area (Å²) in [4.78, 5) is 22.5. The highest BCUT2D eigenvalue weighted by Gasteiger charge is 2.27. The number of quaternary nitrogens is 1. The van der Waals surface area contributed by atoms with Gasteiger partial charge in [-0.3, -0.25) is 13.8 Å². The Kier molecular flexibility index (Phi) is 37.8. The molecule has 0 fully saturated rings. The molecule has 0 heterocycles. The predicted molar refractivity (Wildman–Crippen MR) is 235 cm³/mol. The zero-order chi connectivity index (χ0) is 40.7. The van der Waals surface area contributed by atoms with E-state index in [9.17, 15) is 19.4 Å². The van der Waals surface area contributed by atoms with Crippen LogP contribution in [-0.4, -0.2) is 73.4 Å². The van der Waals surface area contributed by atoms with Crippen molar-refractivity contribution >= 4 is 13.7 Å². The minimum absolute atomic E-state index is 0.0560. The normalized spacial score (nSPS) is 14.5. The molecule has 326 valence electrons. The lowest BCUT2D eigenvalue weighted by atomic mass is 10.0. The third-order valence-electron chi connectivity index (χ3n) is 10.4. The van der Waals surface area contributed by atoms with E-state index in [1.54, 1.807) is 6.08 Å². The molecule has 0 radical (unpaired) electrons. The van der Waals surface area contributed by atoms with Gasteiger partial charge in [0, 0.05) is 6.42 Å². The van der Waals surface area contributed by atoms with Gasteiger partial charge in [0.25, 0.3) is 0 Å². The summed E-state index contributed by atoms with van der Waals surface area (Å²) in [6, 6.07) is -0.854. The number of phosphoric ester groups is 1. The molecule has 0 aliphatic heterocycles. The number of nitrogens with one attached hydrogen (secondary N) is 1. The maximum atomic E-state index is 12.4. The molecule has 0 bridgehead atoms. The fraction of sp³-hybridized carbons (Fsp3) is 0.891. The number of allylic oxidation sites excluding steroid dienone is 3. The van der Waals surface area contributed by atoms with E-state index in [-0.39, 0.29) is 19.1 Å². The average molecular weight is 800 g/mol. The molecule has 0 aromatic rings. The van der Waals surface area contributed by atoms with Gasteiger partial charge in [0.15, 0.2) is 0 Å². The van der Waals surface area contributed by atoms with Crippen LogP contribution in [0.5, 0.6) is 0 Å². The number of hydrogen-bond acceptors (Lipinski definition) is 5. The van der Waals surface area contributed by atoms with Crippen LogP contribution in [-0.2, 0) is 18.4 Å². The lowest BCUT2D eigenvalue weighted by Crippen LogP contribution is -2.45. The monoisotopic (exact) mass is 800 g/mol. The van der Waals surface area contributed by atoms with Crippen LogP contribution in [0.25, 0.3) is 0 Å². The van der Waals surface area contributed by atoms with Crippen molar-refractivity contribution in [2.24, 2.45) is 0 Å². The summed E-state index contributed by atoms with van der Waals surface area (Å²) in [7, 11) is 1.55. The van der Waals surface area contributed by atoms with Gasteiger partial charge in [-0.25, -0.2) is 4.57 Å². The van der Waals surface area contributed by atoms with Crippen LogP contribution in [0.1, 0.15) is 213 Å². The molecule has 55 heavy (non-hydrogen) atoms. The first-order valence-electron chi connectivity index (χ1n) is 23.2. The van der Waals surface area contributed by atoms with Crippen molar-refractivity contribution in [3.05, 3.63) is 24.3 Å². The summed E-state index contributed by atoms with van der Waals surface area (Å²) in [5.74, 6) is -0.222. The van der Waals surface area contributed by atoms with Crippen molar-refractivity contribution in [1.82, 2.24) is 5.32 Å². The van der Waals surface area contributed by atoms with Crippen LogP contribution in [0.15, 0.2) is 24.3 Å². The number of carbonyl (C=O) groups excluding carboxylic acids is 1. The van der Waals surface area contributed by atoms with E-state index in [1.165, 1.54) is 161 Å². The third-order valence-corrected chi connectivity index (χ3v) is 11.4. The first-order valence-corrected chi connectivity index (χ1v) is 24.7. The minimum atomic E-state index is -4.32. The topological polar surface area (TPSA) is 105 Å². The molecule has 0 saturated heterocycles. The van der Waals surface area contributed by atoms with E-state index >= 15 is 0 Å². The number of amides is 1. The Hall–Kier alpha value is -1.02. The highest BCUT2D eigenvalue weighted by atomic mass is 31.2. The number of phosphoric acid groups is 1. The molecule has 3 unspecified atom stereocenters. The second kappa shape index (κ2) is 38.5. The van der Waals surface area contributed by atoms with Gasteiger partial charge in [0.1, 0.15) is 13.2 Å². The van der Waals surface area contributed by atoms with Crippen LogP contribution in [0.3, 0.4) is 0 Å². The van der Waals surface area contributed by atoms with Crippen molar-refractivity contribution in [2.75, 3.05) is 40.9 Å². The number of aliphatic hydroxyl groups excluding tert-OH is 1. The van der Waals surface area contributed by atoms with Crippen molar-refractivity contribution in [2.45, 2.75) is 225 Å². The van der Waals surface area contributed by atoms with Gasteiger partial charge < -0.3 is 19.8 Å². The Bertz CT molecular complexity index is 953. The zero-order valence-electron chi connectivity index (χ0n) is 36.9. The van der Waals surface area contributed by atoms with E-state index in [0.717, 1.165) is 32.1 Å². The number of likely N-dealkylation sites (N-methyl/N-ethyl adjacent to an activating group) is 1.